The van der Waals surface area contributed by atoms with Gasteiger partial charge in [-0.1, -0.05) is 25.5 Å². The molecule has 2 atom stereocenters. The number of anilines is 1. The number of carbonyl (C=O) groups excluding carboxylic acids is 2. The topological polar surface area (TPSA) is 84.2 Å². The minimum Gasteiger partial charge on any atom is -0.348 e. The summed E-state index contributed by atoms with van der Waals surface area (Å²) in [5, 5.41) is 5.85. The number of rotatable bonds is 5. The Kier molecular flexibility index (Phi) is 6.59. The molecule has 0 spiro atoms. The summed E-state index contributed by atoms with van der Waals surface area (Å²) in [7, 11) is 0. The molecule has 1 aliphatic rings. The van der Waals surface area contributed by atoms with Gasteiger partial charge in [0.2, 0.25) is 11.8 Å². The Balaban J connectivity index is 0.00000264. The Morgan fingerprint density at radius 1 is 1.43 bits per heavy atom. The lowest BCUT2D eigenvalue weighted by molar-refractivity contribution is -0.126. The van der Waals surface area contributed by atoms with Crippen LogP contribution in [-0.2, 0) is 16.0 Å². The van der Waals surface area contributed by atoms with Crippen molar-refractivity contribution < 1.29 is 9.59 Å². The molecule has 2 rings (SSSR count). The smallest absolute Gasteiger partial charge is 0.240 e. The number of hydrogen-bond donors (Lipinski definition) is 3. The Hall–Kier alpha value is -1.59. The molecule has 2 amide bonds. The van der Waals surface area contributed by atoms with E-state index in [-0.39, 0.29) is 30.3 Å². The summed E-state index contributed by atoms with van der Waals surface area (Å²) in [6, 6.07) is 5.77. The van der Waals surface area contributed by atoms with E-state index in [1.807, 2.05) is 32.0 Å². The molecule has 0 aliphatic carbocycles. The van der Waals surface area contributed by atoms with Crippen LogP contribution >= 0.6 is 12.4 Å². The Labute approximate surface area is 143 Å². The highest BCUT2D eigenvalue weighted by Crippen LogP contribution is 2.26. The van der Waals surface area contributed by atoms with Crippen molar-refractivity contribution in [3.63, 3.8) is 0 Å². The summed E-state index contributed by atoms with van der Waals surface area (Å²) in [6.45, 7) is 5.73. The standard InChI is InChI=1S/C17H25N3O2.ClH/c1-4-9-17(3,18)16(22)19-11(2)12-5-7-14-13(10-12)6-8-15(21)20-14;/h5,7,10-11H,4,6,8-9,18H2,1-3H3,(H,19,22)(H,20,21);1H. The highest BCUT2D eigenvalue weighted by Gasteiger charge is 2.28. The molecule has 1 aromatic carbocycles. The summed E-state index contributed by atoms with van der Waals surface area (Å²) in [5.74, 6) is -0.0760. The zero-order chi connectivity index (χ0) is 16.3. The van der Waals surface area contributed by atoms with E-state index in [1.54, 1.807) is 6.92 Å². The van der Waals surface area contributed by atoms with E-state index in [0.29, 0.717) is 12.8 Å². The van der Waals surface area contributed by atoms with Gasteiger partial charge in [-0.3, -0.25) is 9.59 Å². The van der Waals surface area contributed by atoms with Crippen molar-refractivity contribution >= 4 is 29.9 Å². The van der Waals surface area contributed by atoms with Crippen LogP contribution in [0.25, 0.3) is 0 Å². The normalized spacial score (nSPS) is 17.1. The van der Waals surface area contributed by atoms with Crippen LogP contribution < -0.4 is 16.4 Å². The van der Waals surface area contributed by atoms with Crippen molar-refractivity contribution in [1.82, 2.24) is 5.32 Å². The van der Waals surface area contributed by atoms with Crippen molar-refractivity contribution in [3.05, 3.63) is 29.3 Å². The Bertz CT molecular complexity index is 587. The predicted octanol–water partition coefficient (Wildman–Crippen LogP) is 2.69. The van der Waals surface area contributed by atoms with Crippen LogP contribution in [0, 0.1) is 0 Å². The van der Waals surface area contributed by atoms with Gasteiger partial charge in [0.1, 0.15) is 0 Å². The van der Waals surface area contributed by atoms with Crippen LogP contribution in [0.1, 0.15) is 57.2 Å². The van der Waals surface area contributed by atoms with Gasteiger partial charge in [-0.05, 0) is 43.9 Å². The molecule has 128 valence electrons. The lowest BCUT2D eigenvalue weighted by Crippen LogP contribution is -2.52. The summed E-state index contributed by atoms with van der Waals surface area (Å²) in [6.07, 6.45) is 2.77. The van der Waals surface area contributed by atoms with E-state index < -0.39 is 5.54 Å². The SMILES string of the molecule is CCCC(C)(N)C(=O)NC(C)c1ccc2c(c1)CCC(=O)N2.Cl. The van der Waals surface area contributed by atoms with Crippen LogP contribution in [0.15, 0.2) is 18.2 Å². The molecule has 4 N–H and O–H groups in total. The fourth-order valence-electron chi connectivity index (χ4n) is 2.75. The number of nitrogens with one attached hydrogen (secondary N) is 2. The van der Waals surface area contributed by atoms with Gasteiger partial charge in [0.05, 0.1) is 11.6 Å². The van der Waals surface area contributed by atoms with Crippen molar-refractivity contribution in [2.75, 3.05) is 5.32 Å². The third kappa shape index (κ3) is 4.69. The molecule has 2 unspecified atom stereocenters. The highest BCUT2D eigenvalue weighted by molar-refractivity contribution is 5.94. The van der Waals surface area contributed by atoms with Crippen LogP contribution in [-0.4, -0.2) is 17.4 Å². The number of nitrogens with two attached hydrogens (primary N) is 1. The van der Waals surface area contributed by atoms with Gasteiger partial charge in [-0.2, -0.15) is 0 Å². The average Bonchev–Trinajstić information content (AvgIpc) is 2.46. The fraction of sp³-hybridized carbons (Fsp3) is 0.529. The molecule has 23 heavy (non-hydrogen) atoms. The first-order valence-electron chi connectivity index (χ1n) is 7.86. The predicted molar refractivity (Wildman–Crippen MR) is 94.7 cm³/mol. The quantitative estimate of drug-likeness (QED) is 0.771. The zero-order valence-corrected chi connectivity index (χ0v) is 14.8. The first kappa shape index (κ1) is 19.5. The van der Waals surface area contributed by atoms with Crippen LogP contribution in [0.2, 0.25) is 0 Å². The summed E-state index contributed by atoms with van der Waals surface area (Å²) < 4.78 is 0. The first-order valence-corrected chi connectivity index (χ1v) is 7.86. The Morgan fingerprint density at radius 2 is 2.13 bits per heavy atom. The minimum atomic E-state index is -0.842. The maximum absolute atomic E-state index is 12.3. The van der Waals surface area contributed by atoms with Gasteiger partial charge >= 0.3 is 0 Å². The molecule has 0 bridgehead atoms. The van der Waals surface area contributed by atoms with Gasteiger partial charge < -0.3 is 16.4 Å². The molecular weight excluding hydrogens is 314 g/mol. The third-order valence-electron chi connectivity index (χ3n) is 4.16. The molecule has 0 fully saturated rings. The van der Waals surface area contributed by atoms with Crippen LogP contribution in [0.4, 0.5) is 5.69 Å². The molecule has 1 aliphatic heterocycles. The summed E-state index contributed by atoms with van der Waals surface area (Å²) >= 11 is 0. The molecule has 5 nitrogen and oxygen atoms in total. The molecule has 0 aromatic heterocycles. The lowest BCUT2D eigenvalue weighted by Gasteiger charge is -2.26. The number of hydrogen-bond acceptors (Lipinski definition) is 3. The maximum atomic E-state index is 12.3. The van der Waals surface area contributed by atoms with Gasteiger partial charge in [0.15, 0.2) is 0 Å². The fourth-order valence-corrected chi connectivity index (χ4v) is 2.75. The second-order valence-electron chi connectivity index (χ2n) is 6.33. The number of halogens is 1. The second-order valence-corrected chi connectivity index (χ2v) is 6.33. The highest BCUT2D eigenvalue weighted by atomic mass is 35.5. The molecule has 0 saturated heterocycles. The van der Waals surface area contributed by atoms with E-state index in [9.17, 15) is 9.59 Å². The number of amides is 2. The molecule has 1 heterocycles. The maximum Gasteiger partial charge on any atom is 0.240 e. The van der Waals surface area contributed by atoms with Crippen molar-refractivity contribution in [2.45, 2.75) is 58.0 Å². The summed E-state index contributed by atoms with van der Waals surface area (Å²) in [4.78, 5) is 23.7. The molecule has 6 heteroatoms. The Morgan fingerprint density at radius 3 is 2.78 bits per heavy atom. The minimum absolute atomic E-state index is 0. The third-order valence-corrected chi connectivity index (χ3v) is 4.16. The van der Waals surface area contributed by atoms with Gasteiger partial charge in [-0.25, -0.2) is 0 Å². The van der Waals surface area contributed by atoms with E-state index in [1.165, 1.54) is 0 Å². The van der Waals surface area contributed by atoms with Crippen molar-refractivity contribution in [2.24, 2.45) is 5.73 Å². The van der Waals surface area contributed by atoms with E-state index in [0.717, 1.165) is 29.7 Å². The van der Waals surface area contributed by atoms with Crippen molar-refractivity contribution in [1.29, 1.82) is 0 Å². The molecule has 1 aromatic rings. The average molecular weight is 340 g/mol. The molecule has 0 saturated carbocycles. The molecule has 0 radical (unpaired) electrons. The van der Waals surface area contributed by atoms with E-state index in [4.69, 9.17) is 5.73 Å². The van der Waals surface area contributed by atoms with Crippen molar-refractivity contribution in [3.8, 4) is 0 Å². The first-order chi connectivity index (χ1) is 10.3. The van der Waals surface area contributed by atoms with Gasteiger partial charge in [0, 0.05) is 12.1 Å². The lowest BCUT2D eigenvalue weighted by atomic mass is 9.94. The largest absolute Gasteiger partial charge is 0.348 e. The summed E-state index contributed by atoms with van der Waals surface area (Å²) in [5.41, 5.74) is 8.23. The number of fused-ring (bicyclic) bond motifs is 1. The number of aryl methyl sites for hydroxylation is 1. The van der Waals surface area contributed by atoms with Gasteiger partial charge in [-0.15, -0.1) is 12.4 Å². The monoisotopic (exact) mass is 339 g/mol. The molecular formula is C17H26ClN3O2. The number of carbonyl (C=O) groups is 2. The van der Waals surface area contributed by atoms with Crippen LogP contribution in [0.5, 0.6) is 0 Å². The second kappa shape index (κ2) is 7.79. The van der Waals surface area contributed by atoms with E-state index in [2.05, 4.69) is 10.6 Å². The van der Waals surface area contributed by atoms with E-state index >= 15 is 0 Å². The number of benzene rings is 1. The van der Waals surface area contributed by atoms with Crippen LogP contribution in [0.3, 0.4) is 0 Å². The van der Waals surface area contributed by atoms with Gasteiger partial charge in [0.25, 0.3) is 0 Å². The zero-order valence-electron chi connectivity index (χ0n) is 13.9.